The van der Waals surface area contributed by atoms with E-state index in [9.17, 15) is 4.79 Å². The quantitative estimate of drug-likeness (QED) is 0.222. The van der Waals surface area contributed by atoms with Crippen molar-refractivity contribution in [3.63, 3.8) is 0 Å². The zero-order valence-corrected chi connectivity index (χ0v) is 22.9. The molecule has 0 bridgehead atoms. The Labute approximate surface area is 243 Å². The fourth-order valence-corrected chi connectivity index (χ4v) is 4.91. The average molecular weight is 569 g/mol. The first kappa shape index (κ1) is 27.7. The van der Waals surface area contributed by atoms with Crippen LogP contribution in [0.4, 0.5) is 0 Å². The second-order valence-corrected chi connectivity index (χ2v) is 9.93. The molecule has 0 saturated carbocycles. The van der Waals surface area contributed by atoms with E-state index in [0.29, 0.717) is 25.6 Å². The highest BCUT2D eigenvalue weighted by Crippen LogP contribution is 2.34. The predicted molar refractivity (Wildman–Crippen MR) is 153 cm³/mol. The highest BCUT2D eigenvalue weighted by Gasteiger charge is 2.48. The van der Waals surface area contributed by atoms with E-state index in [4.69, 9.17) is 18.9 Å². The first-order valence-corrected chi connectivity index (χ1v) is 13.8. The fraction of sp³-hybridized carbons (Fsp3) is 0.250. The van der Waals surface area contributed by atoms with E-state index < -0.39 is 30.2 Å². The molecule has 10 nitrogen and oxygen atoms in total. The smallest absolute Gasteiger partial charge is 0.351 e. The molecule has 3 aromatic carbocycles. The van der Waals surface area contributed by atoms with Crippen LogP contribution < -0.4 is 5.69 Å². The van der Waals surface area contributed by atoms with Crippen LogP contribution in [0.5, 0.6) is 0 Å². The average Bonchev–Trinajstić information content (AvgIpc) is 3.69. The van der Waals surface area contributed by atoms with E-state index in [0.717, 1.165) is 16.7 Å². The lowest BCUT2D eigenvalue weighted by molar-refractivity contribution is -0.0921. The van der Waals surface area contributed by atoms with Crippen LogP contribution in [0, 0.1) is 0 Å². The van der Waals surface area contributed by atoms with E-state index in [1.165, 1.54) is 17.2 Å². The van der Waals surface area contributed by atoms with E-state index in [2.05, 4.69) is 15.2 Å². The van der Waals surface area contributed by atoms with Crippen molar-refractivity contribution in [3.05, 3.63) is 143 Å². The lowest BCUT2D eigenvalue weighted by Crippen LogP contribution is -2.40. The highest BCUT2D eigenvalue weighted by atomic mass is 17.1. The molecule has 0 spiro atoms. The maximum atomic E-state index is 13.3. The first-order chi connectivity index (χ1) is 20.7. The normalized spacial score (nSPS) is 20.1. The summed E-state index contributed by atoms with van der Waals surface area (Å²) in [6, 6.07) is 31.4. The second-order valence-electron chi connectivity index (χ2n) is 9.93. The number of rotatable bonds is 12. The number of nitrogens with zero attached hydrogens (tertiary/aromatic N) is 5. The minimum absolute atomic E-state index is 0.247. The summed E-state index contributed by atoms with van der Waals surface area (Å²) < 4.78 is 28.6. The van der Waals surface area contributed by atoms with E-state index in [-0.39, 0.29) is 6.61 Å². The number of hydrogen-bond acceptors (Lipinski definition) is 8. The summed E-state index contributed by atoms with van der Waals surface area (Å²) in [5.41, 5.74) is 2.57. The van der Waals surface area contributed by atoms with Crippen molar-refractivity contribution in [2.45, 2.75) is 44.4 Å². The van der Waals surface area contributed by atoms with Gasteiger partial charge in [-0.2, -0.15) is 4.98 Å². The third-order valence-corrected chi connectivity index (χ3v) is 7.02. The Bertz CT molecular complexity index is 1580. The number of benzene rings is 3. The zero-order valence-electron chi connectivity index (χ0n) is 22.9. The van der Waals surface area contributed by atoms with Crippen molar-refractivity contribution in [1.29, 1.82) is 0 Å². The standard InChI is InChI=1S/C32H31N5O5/c38-32-35-28(36-22-33-34-23-36)16-17-37(32)31-30(41-20-26-14-8-3-9-15-26)29(40-19-25-12-6-2-7-13-25)27(42-31)21-39-18-24-10-4-1-5-11-24/h1-17,22-23,27,29-31H,18-21H2/t27-,29-,30-,31-/m1/s1/i35+1,37+1,38+1. The Balaban J connectivity index is 1.28. The van der Waals surface area contributed by atoms with E-state index >= 15 is 0 Å². The molecule has 214 valence electrons. The number of hydrogen-bond donors (Lipinski definition) is 0. The lowest BCUT2D eigenvalue weighted by Gasteiger charge is -2.25. The molecule has 6 rings (SSSR count). The Morgan fingerprint density at radius 1 is 0.690 bits per heavy atom. The molecular formula is C32H31N5O5. The summed E-state index contributed by atoms with van der Waals surface area (Å²) in [5, 5.41) is 7.60. The summed E-state index contributed by atoms with van der Waals surface area (Å²) >= 11 is 0. The molecule has 4 atom stereocenters. The van der Waals surface area contributed by atoms with Crippen molar-refractivity contribution in [1.82, 2.24) is 24.3 Å². The fourth-order valence-electron chi connectivity index (χ4n) is 4.91. The van der Waals surface area contributed by atoms with Crippen LogP contribution in [0.25, 0.3) is 5.82 Å². The molecule has 10 heteroatoms. The third kappa shape index (κ3) is 6.69. The van der Waals surface area contributed by atoms with Gasteiger partial charge in [-0.1, -0.05) is 91.0 Å². The van der Waals surface area contributed by atoms with Crippen molar-refractivity contribution < 1.29 is 18.9 Å². The molecule has 0 amide bonds. The summed E-state index contributed by atoms with van der Waals surface area (Å²) in [6.45, 7) is 1.33. The molecule has 1 aliphatic heterocycles. The van der Waals surface area contributed by atoms with Gasteiger partial charge in [0, 0.05) is 6.20 Å². The molecule has 1 saturated heterocycles. The van der Waals surface area contributed by atoms with Crippen LogP contribution in [0.15, 0.2) is 121 Å². The number of aromatic nitrogens is 5. The molecule has 1 aliphatic rings. The molecule has 0 unspecified atom stereocenters. The Morgan fingerprint density at radius 3 is 1.81 bits per heavy atom. The minimum atomic E-state index is -0.797. The molecule has 1 fully saturated rings. The van der Waals surface area contributed by atoms with Gasteiger partial charge < -0.3 is 18.9 Å². The largest absolute Gasteiger partial charge is 0.374 e. The summed E-state index contributed by atoms with van der Waals surface area (Å²) in [7, 11) is 0. The molecule has 3 heterocycles. The predicted octanol–water partition coefficient (Wildman–Crippen LogP) is 4.11. The van der Waals surface area contributed by atoms with E-state index in [1.807, 2.05) is 91.0 Å². The van der Waals surface area contributed by atoms with Gasteiger partial charge >= 0.3 is 5.69 Å². The maximum absolute atomic E-state index is 13.3. The van der Waals surface area contributed by atoms with Gasteiger partial charge in [-0.15, -0.1) is 10.2 Å². The molecule has 0 aliphatic carbocycles. The van der Waals surface area contributed by atoms with Crippen LogP contribution >= 0.6 is 0 Å². The van der Waals surface area contributed by atoms with Gasteiger partial charge in [0.25, 0.3) is 0 Å². The van der Waals surface area contributed by atoms with Crippen molar-refractivity contribution in [2.24, 2.45) is 0 Å². The first-order valence-electron chi connectivity index (χ1n) is 13.8. The minimum Gasteiger partial charge on any atom is -0.374 e. The van der Waals surface area contributed by atoms with Gasteiger partial charge in [0.05, 0.1) is 26.4 Å². The SMILES string of the molecule is [17O]=c1[15n]c(-n2cnnc2)cc[15n]1[C@@H]1O[C@H](COCc2ccccc2)[C@@H](OCc2ccccc2)[C@H]1OCc1ccccc1. The van der Waals surface area contributed by atoms with Crippen LogP contribution in [-0.4, -0.2) is 49.2 Å². The van der Waals surface area contributed by atoms with Crippen molar-refractivity contribution in [3.8, 4) is 5.82 Å². The molecule has 0 radical (unpaired) electrons. The van der Waals surface area contributed by atoms with Gasteiger partial charge in [0.2, 0.25) is 0 Å². The second kappa shape index (κ2) is 13.5. The molecule has 2 aromatic heterocycles. The topological polar surface area (TPSA) is 103 Å². The van der Waals surface area contributed by atoms with Gasteiger partial charge in [-0.05, 0) is 22.8 Å². The van der Waals surface area contributed by atoms with Gasteiger partial charge in [0.1, 0.15) is 36.8 Å². The van der Waals surface area contributed by atoms with Gasteiger partial charge in [-0.25, -0.2) is 4.79 Å². The summed E-state index contributed by atoms with van der Waals surface area (Å²) in [6.07, 6.45) is 2.16. The van der Waals surface area contributed by atoms with Crippen LogP contribution in [0.1, 0.15) is 22.9 Å². The maximum Gasteiger partial charge on any atom is 0.351 e. The Hall–Kier alpha value is -4.48. The van der Waals surface area contributed by atoms with E-state index in [1.54, 1.807) is 16.8 Å². The van der Waals surface area contributed by atoms with Crippen LogP contribution in [-0.2, 0) is 38.8 Å². The molecule has 0 N–H and O–H groups in total. The van der Waals surface area contributed by atoms with Crippen molar-refractivity contribution >= 4 is 0 Å². The van der Waals surface area contributed by atoms with Gasteiger partial charge in [0.15, 0.2) is 6.23 Å². The lowest BCUT2D eigenvalue weighted by atomic mass is 10.1. The summed E-state index contributed by atoms with van der Waals surface area (Å²) in [4.78, 5) is 17.6. The Morgan fingerprint density at radius 2 is 1.24 bits per heavy atom. The monoisotopic (exact) mass is 568 g/mol. The summed E-state index contributed by atoms with van der Waals surface area (Å²) in [5.74, 6) is 0.403. The third-order valence-electron chi connectivity index (χ3n) is 7.02. The van der Waals surface area contributed by atoms with Crippen molar-refractivity contribution in [2.75, 3.05) is 6.61 Å². The zero-order chi connectivity index (χ0) is 28.6. The van der Waals surface area contributed by atoms with Crippen LogP contribution in [0.2, 0.25) is 0 Å². The van der Waals surface area contributed by atoms with Crippen LogP contribution in [0.3, 0.4) is 0 Å². The van der Waals surface area contributed by atoms with Gasteiger partial charge in [-0.3, -0.25) is 9.13 Å². The molecule has 5 aromatic rings. The highest BCUT2D eigenvalue weighted by molar-refractivity contribution is 5.19. The molecular weight excluding hydrogens is 537 g/mol. The number of ether oxygens (including phenoxy) is 4. The molecule has 42 heavy (non-hydrogen) atoms. The Kier molecular flexibility index (Phi) is 8.87.